The third kappa shape index (κ3) is 3.42. The third-order valence-corrected chi connectivity index (χ3v) is 2.55. The first-order valence-electron chi connectivity index (χ1n) is 4.59. The van der Waals surface area contributed by atoms with Gasteiger partial charge in [0.2, 0.25) is 0 Å². The van der Waals surface area contributed by atoms with E-state index in [1.54, 1.807) is 0 Å². The summed E-state index contributed by atoms with van der Waals surface area (Å²) in [6.45, 7) is 4.52. The van der Waals surface area contributed by atoms with E-state index in [2.05, 4.69) is 51.9 Å². The fourth-order valence-electron chi connectivity index (χ4n) is 1.44. The molecule has 0 fully saturated rings. The molecule has 0 aliphatic rings. The van der Waals surface area contributed by atoms with Crippen molar-refractivity contribution in [3.8, 4) is 0 Å². The maximum absolute atomic E-state index is 8.13. The molecule has 0 N–H and O–H groups in total. The molecule has 0 radical (unpaired) electrons. The second-order valence-electron chi connectivity index (χ2n) is 3.27. The standard InChI is InChI=1S/C11H12BrN3/c1-8-6-10(12)7-9(2)11(8)4-3-5-14-15-13/h3-4,6-7H,5H2,1-2H3. The number of benzene rings is 1. The summed E-state index contributed by atoms with van der Waals surface area (Å²) in [6, 6.07) is 4.14. The minimum Gasteiger partial charge on any atom is -0.0899 e. The van der Waals surface area contributed by atoms with Crippen molar-refractivity contribution in [3.05, 3.63) is 49.8 Å². The smallest absolute Gasteiger partial charge is 0.0443 e. The van der Waals surface area contributed by atoms with E-state index in [-0.39, 0.29) is 0 Å². The Morgan fingerprint density at radius 2 is 2.00 bits per heavy atom. The van der Waals surface area contributed by atoms with Crippen LogP contribution in [0.5, 0.6) is 0 Å². The molecule has 78 valence electrons. The first kappa shape index (κ1) is 11.8. The maximum Gasteiger partial charge on any atom is 0.0443 e. The van der Waals surface area contributed by atoms with Crippen LogP contribution in [0.2, 0.25) is 0 Å². The van der Waals surface area contributed by atoms with Crippen molar-refractivity contribution in [2.45, 2.75) is 13.8 Å². The molecule has 0 aliphatic carbocycles. The van der Waals surface area contributed by atoms with Crippen molar-refractivity contribution in [3.63, 3.8) is 0 Å². The highest BCUT2D eigenvalue weighted by Crippen LogP contribution is 2.21. The molecule has 0 atom stereocenters. The summed E-state index contributed by atoms with van der Waals surface area (Å²) < 4.78 is 1.09. The zero-order valence-electron chi connectivity index (χ0n) is 8.74. The van der Waals surface area contributed by atoms with Gasteiger partial charge in [-0.2, -0.15) is 0 Å². The summed E-state index contributed by atoms with van der Waals surface area (Å²) >= 11 is 3.45. The summed E-state index contributed by atoms with van der Waals surface area (Å²) in [7, 11) is 0. The van der Waals surface area contributed by atoms with Crippen LogP contribution in [0.4, 0.5) is 0 Å². The average molecular weight is 266 g/mol. The molecule has 0 saturated heterocycles. The molecule has 0 saturated carbocycles. The number of halogens is 1. The zero-order chi connectivity index (χ0) is 11.3. The molecular formula is C11H12BrN3. The first-order chi connectivity index (χ1) is 7.15. The van der Waals surface area contributed by atoms with Gasteiger partial charge in [-0.15, -0.1) is 0 Å². The summed E-state index contributed by atoms with van der Waals surface area (Å²) in [4.78, 5) is 2.69. The number of azide groups is 1. The molecular weight excluding hydrogens is 254 g/mol. The highest BCUT2D eigenvalue weighted by atomic mass is 79.9. The number of aryl methyl sites for hydroxylation is 2. The summed E-state index contributed by atoms with van der Waals surface area (Å²) in [5.41, 5.74) is 11.7. The molecule has 0 bridgehead atoms. The van der Waals surface area contributed by atoms with Gasteiger partial charge < -0.3 is 0 Å². The Morgan fingerprint density at radius 1 is 1.40 bits per heavy atom. The van der Waals surface area contributed by atoms with Gasteiger partial charge in [0.1, 0.15) is 0 Å². The van der Waals surface area contributed by atoms with E-state index >= 15 is 0 Å². The third-order valence-electron chi connectivity index (χ3n) is 2.09. The van der Waals surface area contributed by atoms with Crippen molar-refractivity contribution >= 4 is 22.0 Å². The van der Waals surface area contributed by atoms with Crippen molar-refractivity contribution in [1.82, 2.24) is 0 Å². The van der Waals surface area contributed by atoms with Crippen LogP contribution in [0.1, 0.15) is 16.7 Å². The highest BCUT2D eigenvalue weighted by Gasteiger charge is 1.99. The van der Waals surface area contributed by atoms with E-state index < -0.39 is 0 Å². The summed E-state index contributed by atoms with van der Waals surface area (Å²) in [6.07, 6.45) is 3.86. The molecule has 0 aromatic heterocycles. The van der Waals surface area contributed by atoms with Gasteiger partial charge in [0.25, 0.3) is 0 Å². The normalized spacial score (nSPS) is 10.3. The quantitative estimate of drug-likeness (QED) is 0.442. The Bertz CT molecular complexity index is 408. The van der Waals surface area contributed by atoms with Crippen LogP contribution in [0.25, 0.3) is 16.5 Å². The average Bonchev–Trinajstić information content (AvgIpc) is 2.15. The predicted octanol–water partition coefficient (Wildman–Crippen LogP) is 4.39. The molecule has 1 rings (SSSR count). The number of nitrogens with zero attached hydrogens (tertiary/aromatic N) is 3. The number of hydrogen-bond acceptors (Lipinski definition) is 1. The number of rotatable bonds is 3. The van der Waals surface area contributed by atoms with Gasteiger partial charge in [0, 0.05) is 15.9 Å². The van der Waals surface area contributed by atoms with Crippen LogP contribution < -0.4 is 0 Å². The van der Waals surface area contributed by atoms with Gasteiger partial charge in [0.05, 0.1) is 0 Å². The van der Waals surface area contributed by atoms with Crippen molar-refractivity contribution in [2.24, 2.45) is 5.11 Å². The Balaban J connectivity index is 2.94. The van der Waals surface area contributed by atoms with Gasteiger partial charge >= 0.3 is 0 Å². The lowest BCUT2D eigenvalue weighted by Crippen LogP contribution is -1.86. The number of hydrogen-bond donors (Lipinski definition) is 0. The molecule has 1 aromatic rings. The predicted molar refractivity (Wildman–Crippen MR) is 66.7 cm³/mol. The molecule has 0 aliphatic heterocycles. The molecule has 0 unspecified atom stereocenters. The van der Waals surface area contributed by atoms with Crippen molar-refractivity contribution < 1.29 is 0 Å². The Morgan fingerprint density at radius 3 is 2.53 bits per heavy atom. The van der Waals surface area contributed by atoms with Crippen LogP contribution in [0.3, 0.4) is 0 Å². The van der Waals surface area contributed by atoms with Crippen molar-refractivity contribution in [2.75, 3.05) is 6.54 Å². The lowest BCUT2D eigenvalue weighted by atomic mass is 10.0. The summed E-state index contributed by atoms with van der Waals surface area (Å²) in [5, 5.41) is 3.45. The topological polar surface area (TPSA) is 48.8 Å². The monoisotopic (exact) mass is 265 g/mol. The Hall–Kier alpha value is -1.25. The molecule has 4 heteroatoms. The first-order valence-corrected chi connectivity index (χ1v) is 5.38. The lowest BCUT2D eigenvalue weighted by Gasteiger charge is -2.05. The van der Waals surface area contributed by atoms with Crippen LogP contribution in [0.15, 0.2) is 27.8 Å². The van der Waals surface area contributed by atoms with Gasteiger partial charge in [-0.05, 0) is 48.2 Å². The van der Waals surface area contributed by atoms with Gasteiger partial charge in [-0.25, -0.2) is 0 Å². The van der Waals surface area contributed by atoms with Gasteiger partial charge in [0.15, 0.2) is 0 Å². The van der Waals surface area contributed by atoms with E-state index in [1.807, 2.05) is 12.2 Å². The van der Waals surface area contributed by atoms with Crippen molar-refractivity contribution in [1.29, 1.82) is 0 Å². The van der Waals surface area contributed by atoms with Crippen LogP contribution in [0, 0.1) is 13.8 Å². The highest BCUT2D eigenvalue weighted by molar-refractivity contribution is 9.10. The molecule has 0 heterocycles. The van der Waals surface area contributed by atoms with Gasteiger partial charge in [-0.3, -0.25) is 0 Å². The maximum atomic E-state index is 8.13. The largest absolute Gasteiger partial charge is 0.0899 e. The van der Waals surface area contributed by atoms with Gasteiger partial charge in [-0.1, -0.05) is 33.2 Å². The molecule has 1 aromatic carbocycles. The van der Waals surface area contributed by atoms with E-state index in [9.17, 15) is 0 Å². The molecule has 0 spiro atoms. The van der Waals surface area contributed by atoms with E-state index in [0.717, 1.165) is 4.47 Å². The lowest BCUT2D eigenvalue weighted by molar-refractivity contribution is 1.22. The molecule has 0 amide bonds. The van der Waals surface area contributed by atoms with E-state index in [4.69, 9.17) is 5.53 Å². The van der Waals surface area contributed by atoms with Crippen LogP contribution >= 0.6 is 15.9 Å². The second kappa shape index (κ2) is 5.59. The van der Waals surface area contributed by atoms with E-state index in [1.165, 1.54) is 16.7 Å². The van der Waals surface area contributed by atoms with Crippen LogP contribution in [-0.4, -0.2) is 6.54 Å². The SMILES string of the molecule is Cc1cc(Br)cc(C)c1C=CCN=[N+]=[N-]. The zero-order valence-corrected chi connectivity index (χ0v) is 10.3. The Labute approximate surface area is 97.6 Å². The summed E-state index contributed by atoms with van der Waals surface area (Å²) in [5.74, 6) is 0. The fraction of sp³-hybridized carbons (Fsp3) is 0.273. The second-order valence-corrected chi connectivity index (χ2v) is 4.18. The molecule has 3 nitrogen and oxygen atoms in total. The van der Waals surface area contributed by atoms with E-state index in [0.29, 0.717) is 6.54 Å². The molecule has 15 heavy (non-hydrogen) atoms. The minimum absolute atomic E-state index is 0.394. The minimum atomic E-state index is 0.394. The Kier molecular flexibility index (Phi) is 4.40. The fourth-order valence-corrected chi connectivity index (χ4v) is 2.13. The van der Waals surface area contributed by atoms with Crippen LogP contribution in [-0.2, 0) is 0 Å².